The van der Waals surface area contributed by atoms with E-state index in [2.05, 4.69) is 15.7 Å². The highest BCUT2D eigenvalue weighted by Crippen LogP contribution is 2.18. The van der Waals surface area contributed by atoms with E-state index in [-0.39, 0.29) is 12.5 Å². The molecule has 1 atom stereocenters. The van der Waals surface area contributed by atoms with E-state index in [0.29, 0.717) is 12.1 Å². The second kappa shape index (κ2) is 6.71. The average Bonchev–Trinajstić information content (AvgIpc) is 2.63. The Morgan fingerprint density at radius 3 is 2.43 bits per heavy atom. The molecule has 1 amide bonds. The molecule has 1 aromatic heterocycles. The summed E-state index contributed by atoms with van der Waals surface area (Å²) >= 11 is 0. The second-order valence-electron chi connectivity index (χ2n) is 5.46. The molecule has 21 heavy (non-hydrogen) atoms. The van der Waals surface area contributed by atoms with Gasteiger partial charge in [0.15, 0.2) is 0 Å². The van der Waals surface area contributed by atoms with Gasteiger partial charge in [-0.15, -0.1) is 0 Å². The molecule has 0 saturated heterocycles. The summed E-state index contributed by atoms with van der Waals surface area (Å²) in [6.45, 7) is 7.12. The lowest BCUT2D eigenvalue weighted by Crippen LogP contribution is -2.51. The Morgan fingerprint density at radius 1 is 1.38 bits per heavy atom. The zero-order valence-electron chi connectivity index (χ0n) is 13.3. The van der Waals surface area contributed by atoms with Crippen molar-refractivity contribution in [2.45, 2.75) is 46.1 Å². The lowest BCUT2D eigenvalue weighted by atomic mass is 9.96. The molecule has 7 heteroatoms. The molecule has 0 aliphatic rings. The minimum absolute atomic E-state index is 0.0590. The van der Waals surface area contributed by atoms with Crippen molar-refractivity contribution < 1.29 is 14.7 Å². The number of carbonyl (C=O) groups excluding carboxylic acids is 1. The number of carbonyl (C=O) groups is 2. The van der Waals surface area contributed by atoms with Crippen molar-refractivity contribution in [3.8, 4) is 0 Å². The number of anilines is 1. The number of aryl methyl sites for hydroxylation is 2. The molecule has 0 bridgehead atoms. The molecule has 1 aromatic rings. The van der Waals surface area contributed by atoms with Crippen LogP contribution in [0.25, 0.3) is 0 Å². The molecule has 1 rings (SSSR count). The average molecular weight is 296 g/mol. The maximum Gasteiger partial charge on any atom is 0.323 e. The molecule has 1 heterocycles. The van der Waals surface area contributed by atoms with Crippen molar-refractivity contribution in [1.82, 2.24) is 15.1 Å². The standard InChI is InChI=1S/C14H24N4O3/c1-6-7-14(4,13(20)21)15-8-11(19)16-12-9(2)17-18(5)10(12)3/h15H,6-8H2,1-5H3,(H,16,19)(H,20,21). The van der Waals surface area contributed by atoms with Gasteiger partial charge in [0.05, 0.1) is 23.6 Å². The number of hydrogen-bond acceptors (Lipinski definition) is 4. The van der Waals surface area contributed by atoms with Crippen LogP contribution in [0.15, 0.2) is 0 Å². The second-order valence-corrected chi connectivity index (χ2v) is 5.46. The monoisotopic (exact) mass is 296 g/mol. The number of hydrogen-bond donors (Lipinski definition) is 3. The number of nitrogens with zero attached hydrogens (tertiary/aromatic N) is 2. The van der Waals surface area contributed by atoms with Crippen molar-refractivity contribution in [2.75, 3.05) is 11.9 Å². The molecule has 0 aliphatic carbocycles. The van der Waals surface area contributed by atoms with Gasteiger partial charge >= 0.3 is 5.97 Å². The highest BCUT2D eigenvalue weighted by molar-refractivity contribution is 5.93. The van der Waals surface area contributed by atoms with Gasteiger partial charge in [0.25, 0.3) is 0 Å². The minimum atomic E-state index is -1.09. The Balaban J connectivity index is 2.68. The third kappa shape index (κ3) is 4.04. The predicted octanol–water partition coefficient (Wildman–Crippen LogP) is 1.21. The Hall–Kier alpha value is -1.89. The summed E-state index contributed by atoms with van der Waals surface area (Å²) in [5.41, 5.74) is 1.18. The van der Waals surface area contributed by atoms with E-state index < -0.39 is 11.5 Å². The van der Waals surface area contributed by atoms with Crippen LogP contribution >= 0.6 is 0 Å². The highest BCUT2D eigenvalue weighted by Gasteiger charge is 2.32. The van der Waals surface area contributed by atoms with Gasteiger partial charge in [-0.1, -0.05) is 13.3 Å². The first kappa shape index (κ1) is 17.2. The van der Waals surface area contributed by atoms with Crippen LogP contribution in [0.3, 0.4) is 0 Å². The van der Waals surface area contributed by atoms with Crippen LogP contribution in [0.1, 0.15) is 38.1 Å². The maximum atomic E-state index is 12.0. The number of carboxylic acids is 1. The first-order valence-corrected chi connectivity index (χ1v) is 6.99. The molecule has 0 aromatic carbocycles. The topological polar surface area (TPSA) is 96.3 Å². The number of carboxylic acid groups (broad SMARTS) is 1. The van der Waals surface area contributed by atoms with E-state index in [0.717, 1.165) is 17.8 Å². The summed E-state index contributed by atoms with van der Waals surface area (Å²) in [4.78, 5) is 23.3. The van der Waals surface area contributed by atoms with E-state index in [1.807, 2.05) is 20.8 Å². The molecule has 0 saturated carbocycles. The van der Waals surface area contributed by atoms with Crippen molar-refractivity contribution in [1.29, 1.82) is 0 Å². The zero-order chi connectivity index (χ0) is 16.2. The Kier molecular flexibility index (Phi) is 5.48. The van der Waals surface area contributed by atoms with E-state index in [1.165, 1.54) is 0 Å². The van der Waals surface area contributed by atoms with Gasteiger partial charge < -0.3 is 10.4 Å². The van der Waals surface area contributed by atoms with E-state index in [1.54, 1.807) is 18.7 Å². The summed E-state index contributed by atoms with van der Waals surface area (Å²) in [7, 11) is 1.80. The molecule has 7 nitrogen and oxygen atoms in total. The SMILES string of the molecule is CCCC(C)(NCC(=O)Nc1c(C)nn(C)c1C)C(=O)O. The van der Waals surface area contributed by atoms with Crippen LogP contribution in [0.4, 0.5) is 5.69 Å². The minimum Gasteiger partial charge on any atom is -0.480 e. The van der Waals surface area contributed by atoms with Gasteiger partial charge in [-0.25, -0.2) is 0 Å². The number of aromatic nitrogens is 2. The maximum absolute atomic E-state index is 12.0. The summed E-state index contributed by atoms with van der Waals surface area (Å²) in [6.07, 6.45) is 1.18. The first-order chi connectivity index (χ1) is 9.71. The predicted molar refractivity (Wildman–Crippen MR) is 80.3 cm³/mol. The Labute approximate surface area is 124 Å². The number of aliphatic carboxylic acids is 1. The van der Waals surface area contributed by atoms with Crippen molar-refractivity contribution in [3.05, 3.63) is 11.4 Å². The summed E-state index contributed by atoms with van der Waals surface area (Å²) in [5.74, 6) is -1.23. The zero-order valence-corrected chi connectivity index (χ0v) is 13.3. The van der Waals surface area contributed by atoms with Gasteiger partial charge in [-0.3, -0.25) is 19.6 Å². The molecular formula is C14H24N4O3. The third-order valence-corrected chi connectivity index (χ3v) is 3.63. The van der Waals surface area contributed by atoms with Crippen LogP contribution in [-0.4, -0.2) is 38.8 Å². The van der Waals surface area contributed by atoms with Crippen LogP contribution in [-0.2, 0) is 16.6 Å². The van der Waals surface area contributed by atoms with Crippen LogP contribution < -0.4 is 10.6 Å². The largest absolute Gasteiger partial charge is 0.480 e. The molecule has 0 radical (unpaired) electrons. The van der Waals surface area contributed by atoms with Gasteiger partial charge in [0, 0.05) is 7.05 Å². The molecule has 0 spiro atoms. The fourth-order valence-electron chi connectivity index (χ4n) is 2.18. The van der Waals surface area contributed by atoms with Crippen molar-refractivity contribution in [2.24, 2.45) is 7.05 Å². The van der Waals surface area contributed by atoms with Crippen LogP contribution in [0.5, 0.6) is 0 Å². The molecular weight excluding hydrogens is 272 g/mol. The van der Waals surface area contributed by atoms with Gasteiger partial charge in [0.2, 0.25) is 5.91 Å². The third-order valence-electron chi connectivity index (χ3n) is 3.63. The van der Waals surface area contributed by atoms with E-state index >= 15 is 0 Å². The number of rotatable bonds is 7. The van der Waals surface area contributed by atoms with Crippen LogP contribution in [0.2, 0.25) is 0 Å². The van der Waals surface area contributed by atoms with Gasteiger partial charge in [-0.2, -0.15) is 5.10 Å². The molecule has 118 valence electrons. The normalized spacial score (nSPS) is 13.8. The Morgan fingerprint density at radius 2 is 2.00 bits per heavy atom. The molecule has 0 fully saturated rings. The number of nitrogens with one attached hydrogen (secondary N) is 2. The van der Waals surface area contributed by atoms with Gasteiger partial charge in [-0.05, 0) is 27.2 Å². The number of amides is 1. The lowest BCUT2D eigenvalue weighted by molar-refractivity contribution is -0.144. The lowest BCUT2D eigenvalue weighted by Gasteiger charge is -2.25. The van der Waals surface area contributed by atoms with Crippen molar-refractivity contribution in [3.63, 3.8) is 0 Å². The molecule has 1 unspecified atom stereocenters. The molecule has 0 aliphatic heterocycles. The summed E-state index contributed by atoms with van der Waals surface area (Å²) < 4.78 is 1.69. The first-order valence-electron chi connectivity index (χ1n) is 6.99. The van der Waals surface area contributed by atoms with Gasteiger partial charge in [0.1, 0.15) is 5.54 Å². The van der Waals surface area contributed by atoms with E-state index in [9.17, 15) is 14.7 Å². The fraction of sp³-hybridized carbons (Fsp3) is 0.643. The highest BCUT2D eigenvalue weighted by atomic mass is 16.4. The molecule has 3 N–H and O–H groups in total. The summed E-state index contributed by atoms with van der Waals surface area (Å²) in [6, 6.07) is 0. The fourth-order valence-corrected chi connectivity index (χ4v) is 2.18. The van der Waals surface area contributed by atoms with Crippen LogP contribution in [0, 0.1) is 13.8 Å². The summed E-state index contributed by atoms with van der Waals surface area (Å²) in [5, 5.41) is 19.1. The van der Waals surface area contributed by atoms with Crippen molar-refractivity contribution >= 4 is 17.6 Å². The quantitative estimate of drug-likeness (QED) is 0.703. The smallest absolute Gasteiger partial charge is 0.323 e. The van der Waals surface area contributed by atoms with E-state index in [4.69, 9.17) is 0 Å². The Bertz CT molecular complexity index is 539.